The van der Waals surface area contributed by atoms with Gasteiger partial charge >= 0.3 is 0 Å². The van der Waals surface area contributed by atoms with E-state index in [1.165, 1.54) is 76.0 Å². The Bertz CT molecular complexity index is 3550. The largest absolute Gasteiger partial charge is 0.309 e. The molecule has 12 rings (SSSR count). The Morgan fingerprint density at radius 1 is 0.305 bits per heavy atom. The van der Waals surface area contributed by atoms with Crippen molar-refractivity contribution in [3.05, 3.63) is 212 Å². The van der Waals surface area contributed by atoms with Crippen molar-refractivity contribution in [3.8, 4) is 50.7 Å². The summed E-state index contributed by atoms with van der Waals surface area (Å²) in [5.74, 6) is 0.709. The number of fused-ring (bicyclic) bond motifs is 10. The van der Waals surface area contributed by atoms with Crippen molar-refractivity contribution in [3.63, 3.8) is 0 Å². The summed E-state index contributed by atoms with van der Waals surface area (Å²) in [5, 5.41) is 12.3. The van der Waals surface area contributed by atoms with Gasteiger partial charge in [-0.2, -0.15) is 0 Å². The number of benzene rings is 10. The lowest BCUT2D eigenvalue weighted by Gasteiger charge is -2.16. The van der Waals surface area contributed by atoms with E-state index in [2.05, 4.69) is 193 Å². The van der Waals surface area contributed by atoms with Gasteiger partial charge in [0.15, 0.2) is 5.82 Å². The molecule has 0 radical (unpaired) electrons. The first-order chi connectivity index (χ1) is 29.2. The molecule has 0 fully saturated rings. The Balaban J connectivity index is 1.12. The second-order valence-electron chi connectivity index (χ2n) is 15.3. The summed E-state index contributed by atoms with van der Waals surface area (Å²) in [6, 6.07) is 76.4. The average Bonchev–Trinajstić information content (AvgIpc) is 3.65. The Kier molecular flexibility index (Phi) is 7.54. The zero-order valence-electron chi connectivity index (χ0n) is 32.0. The highest BCUT2D eigenvalue weighted by Gasteiger charge is 2.18. The maximum absolute atomic E-state index is 5.23. The Labute approximate surface area is 341 Å². The molecule has 3 nitrogen and oxygen atoms in total. The lowest BCUT2D eigenvalue weighted by Crippen LogP contribution is -1.96. The molecule has 0 bridgehead atoms. The fraction of sp³-hybridized carbons (Fsp3) is 0. The fourth-order valence-electron chi connectivity index (χ4n) is 9.21. The van der Waals surface area contributed by atoms with Gasteiger partial charge in [-0.05, 0) is 90.6 Å². The Morgan fingerprint density at radius 2 is 0.898 bits per heavy atom. The van der Waals surface area contributed by atoms with Crippen LogP contribution < -0.4 is 0 Å². The molecule has 12 aromatic rings. The summed E-state index contributed by atoms with van der Waals surface area (Å²) in [6.45, 7) is 0. The molecule has 0 N–H and O–H groups in total. The third-order valence-corrected chi connectivity index (χ3v) is 12.0. The van der Waals surface area contributed by atoms with Gasteiger partial charge in [0.1, 0.15) is 0 Å². The van der Waals surface area contributed by atoms with E-state index in [1.807, 2.05) is 24.3 Å². The number of rotatable bonds is 5. The number of hydrogen-bond donors (Lipinski definition) is 0. The minimum absolute atomic E-state index is 0.709. The predicted molar refractivity (Wildman–Crippen MR) is 248 cm³/mol. The van der Waals surface area contributed by atoms with E-state index in [9.17, 15) is 0 Å². The number of para-hydroxylation sites is 1. The highest BCUT2D eigenvalue weighted by molar-refractivity contribution is 6.29. The number of aromatic nitrogens is 3. The molecule has 0 atom stereocenters. The zero-order valence-corrected chi connectivity index (χ0v) is 32.0. The first-order valence-electron chi connectivity index (χ1n) is 20.2. The SMILES string of the molecule is c1ccc(-c2cc(-c3ccc4c5ccccc5c5cccc(-c6ccc7c8ccccc8n(-c8ccc9ccccc9c8)c7c6)c5c4c3)nc(-c3ccccc3)n2)cc1. The summed E-state index contributed by atoms with van der Waals surface area (Å²) < 4.78 is 2.43. The first-order valence-corrected chi connectivity index (χ1v) is 20.2. The highest BCUT2D eigenvalue weighted by atomic mass is 15.0. The van der Waals surface area contributed by atoms with Crippen molar-refractivity contribution >= 4 is 64.9 Å². The molecule has 274 valence electrons. The molecule has 0 saturated heterocycles. The summed E-state index contributed by atoms with van der Waals surface area (Å²) >= 11 is 0. The Morgan fingerprint density at radius 3 is 1.71 bits per heavy atom. The van der Waals surface area contributed by atoms with Crippen LogP contribution in [0, 0.1) is 0 Å². The van der Waals surface area contributed by atoms with Crippen LogP contribution in [0.15, 0.2) is 212 Å². The monoisotopic (exact) mass is 749 g/mol. The van der Waals surface area contributed by atoms with Crippen LogP contribution in [0.1, 0.15) is 0 Å². The molecule has 2 aromatic heterocycles. The first kappa shape index (κ1) is 33.3. The van der Waals surface area contributed by atoms with Gasteiger partial charge < -0.3 is 4.57 Å². The van der Waals surface area contributed by atoms with E-state index in [0.717, 1.165) is 33.8 Å². The van der Waals surface area contributed by atoms with Gasteiger partial charge in [0.25, 0.3) is 0 Å². The van der Waals surface area contributed by atoms with Crippen molar-refractivity contribution < 1.29 is 0 Å². The van der Waals surface area contributed by atoms with Crippen LogP contribution in [0.2, 0.25) is 0 Å². The second-order valence-corrected chi connectivity index (χ2v) is 15.3. The van der Waals surface area contributed by atoms with Crippen molar-refractivity contribution in [2.24, 2.45) is 0 Å². The van der Waals surface area contributed by atoms with E-state index in [-0.39, 0.29) is 0 Å². The van der Waals surface area contributed by atoms with Crippen LogP contribution in [-0.2, 0) is 0 Å². The maximum Gasteiger partial charge on any atom is 0.160 e. The maximum atomic E-state index is 5.23. The highest BCUT2D eigenvalue weighted by Crippen LogP contribution is 2.43. The van der Waals surface area contributed by atoms with E-state index in [0.29, 0.717) is 5.82 Å². The van der Waals surface area contributed by atoms with E-state index >= 15 is 0 Å². The quantitative estimate of drug-likeness (QED) is 0.164. The molecule has 0 aliphatic carbocycles. The molecule has 2 heterocycles. The predicted octanol–water partition coefficient (Wildman–Crippen LogP) is 14.9. The van der Waals surface area contributed by atoms with E-state index < -0.39 is 0 Å². The normalized spacial score (nSPS) is 11.7. The summed E-state index contributed by atoms with van der Waals surface area (Å²) in [5.41, 5.74) is 10.8. The van der Waals surface area contributed by atoms with E-state index in [4.69, 9.17) is 9.97 Å². The smallest absolute Gasteiger partial charge is 0.160 e. The fourth-order valence-corrected chi connectivity index (χ4v) is 9.21. The Hall–Kier alpha value is -7.88. The lowest BCUT2D eigenvalue weighted by molar-refractivity contribution is 1.18. The molecule has 0 aliphatic rings. The van der Waals surface area contributed by atoms with Crippen LogP contribution in [0.4, 0.5) is 0 Å². The minimum atomic E-state index is 0.709. The summed E-state index contributed by atoms with van der Waals surface area (Å²) in [6.07, 6.45) is 0. The summed E-state index contributed by atoms with van der Waals surface area (Å²) in [7, 11) is 0. The van der Waals surface area contributed by atoms with Crippen LogP contribution in [0.5, 0.6) is 0 Å². The molecule has 0 spiro atoms. The molecule has 0 saturated carbocycles. The summed E-state index contributed by atoms with van der Waals surface area (Å²) in [4.78, 5) is 10.3. The number of nitrogens with zero attached hydrogens (tertiary/aromatic N) is 3. The molecule has 0 amide bonds. The molecule has 0 unspecified atom stereocenters. The molecule has 10 aromatic carbocycles. The zero-order chi connectivity index (χ0) is 38.9. The van der Waals surface area contributed by atoms with Crippen LogP contribution in [0.25, 0.3) is 116 Å². The standard InChI is InChI=1S/C56H35N3/c1-3-15-37(16-4-1)51-35-52(58-56(57-51)38-17-5-2-6-18-38)41-28-30-46-44-20-9-10-21-45(44)49-24-13-23-43(55(49)50(46)33-41)40-27-31-48-47-22-11-12-25-53(47)59(54(48)34-40)42-29-26-36-14-7-8-19-39(36)32-42/h1-35H. The van der Waals surface area contributed by atoms with Crippen molar-refractivity contribution in [1.82, 2.24) is 14.5 Å². The molecule has 59 heavy (non-hydrogen) atoms. The van der Waals surface area contributed by atoms with Crippen molar-refractivity contribution in [2.45, 2.75) is 0 Å². The van der Waals surface area contributed by atoms with Crippen LogP contribution in [0.3, 0.4) is 0 Å². The molecular formula is C56H35N3. The molecular weight excluding hydrogens is 715 g/mol. The number of hydrogen-bond acceptors (Lipinski definition) is 2. The van der Waals surface area contributed by atoms with Gasteiger partial charge in [-0.3, -0.25) is 0 Å². The van der Waals surface area contributed by atoms with Gasteiger partial charge in [0, 0.05) is 33.2 Å². The van der Waals surface area contributed by atoms with E-state index in [1.54, 1.807) is 0 Å². The van der Waals surface area contributed by atoms with Gasteiger partial charge in [0.2, 0.25) is 0 Å². The van der Waals surface area contributed by atoms with Gasteiger partial charge in [-0.1, -0.05) is 176 Å². The van der Waals surface area contributed by atoms with Crippen LogP contribution in [-0.4, -0.2) is 14.5 Å². The van der Waals surface area contributed by atoms with Gasteiger partial charge in [0.05, 0.1) is 22.4 Å². The lowest BCUT2D eigenvalue weighted by atomic mass is 9.88. The van der Waals surface area contributed by atoms with Crippen LogP contribution >= 0.6 is 0 Å². The minimum Gasteiger partial charge on any atom is -0.309 e. The second kappa shape index (κ2) is 13.4. The van der Waals surface area contributed by atoms with Gasteiger partial charge in [-0.15, -0.1) is 0 Å². The average molecular weight is 750 g/mol. The third kappa shape index (κ3) is 5.44. The third-order valence-electron chi connectivity index (χ3n) is 12.0. The van der Waals surface area contributed by atoms with Crippen molar-refractivity contribution in [1.29, 1.82) is 0 Å². The molecule has 3 heteroatoms. The van der Waals surface area contributed by atoms with Crippen molar-refractivity contribution in [2.75, 3.05) is 0 Å². The molecule has 0 aliphatic heterocycles. The van der Waals surface area contributed by atoms with Gasteiger partial charge in [-0.25, -0.2) is 9.97 Å². The topological polar surface area (TPSA) is 30.7 Å².